The number of carbonyl (C=O) groups is 1. The van der Waals surface area contributed by atoms with Crippen molar-refractivity contribution in [2.45, 2.75) is 25.5 Å². The van der Waals surface area contributed by atoms with E-state index in [9.17, 15) is 4.79 Å². The van der Waals surface area contributed by atoms with Crippen molar-refractivity contribution in [3.05, 3.63) is 34.3 Å². The molecular formula is C12H14BrNO2. The largest absolute Gasteiger partial charge is 0.368 e. The molecule has 0 spiro atoms. The number of rotatable bonds is 3. The van der Waals surface area contributed by atoms with Gasteiger partial charge in [0.05, 0.1) is 0 Å². The van der Waals surface area contributed by atoms with Crippen molar-refractivity contribution in [3.8, 4) is 0 Å². The molecule has 1 atom stereocenters. The lowest BCUT2D eigenvalue weighted by Gasteiger charge is -2.10. The Morgan fingerprint density at radius 1 is 1.44 bits per heavy atom. The summed E-state index contributed by atoms with van der Waals surface area (Å²) >= 11 is 3.37. The highest BCUT2D eigenvalue weighted by atomic mass is 79.9. The van der Waals surface area contributed by atoms with Gasteiger partial charge in [0.25, 0.3) is 0 Å². The van der Waals surface area contributed by atoms with Crippen LogP contribution in [0.4, 0.5) is 0 Å². The maximum absolute atomic E-state index is 11.6. The Hall–Kier alpha value is -0.870. The van der Waals surface area contributed by atoms with Crippen LogP contribution < -0.4 is 5.32 Å². The van der Waals surface area contributed by atoms with E-state index in [-0.39, 0.29) is 12.0 Å². The zero-order chi connectivity index (χ0) is 11.4. The van der Waals surface area contributed by atoms with E-state index in [1.54, 1.807) is 0 Å². The zero-order valence-corrected chi connectivity index (χ0v) is 10.5. The Kier molecular flexibility index (Phi) is 3.96. The van der Waals surface area contributed by atoms with Crippen LogP contribution in [-0.2, 0) is 16.1 Å². The van der Waals surface area contributed by atoms with Gasteiger partial charge in [-0.25, -0.2) is 0 Å². The van der Waals surface area contributed by atoms with E-state index in [0.717, 1.165) is 22.9 Å². The van der Waals surface area contributed by atoms with Gasteiger partial charge in [0.15, 0.2) is 0 Å². The topological polar surface area (TPSA) is 38.3 Å². The van der Waals surface area contributed by atoms with Crippen molar-refractivity contribution in [1.29, 1.82) is 0 Å². The molecule has 0 aromatic heterocycles. The van der Waals surface area contributed by atoms with Gasteiger partial charge < -0.3 is 10.1 Å². The van der Waals surface area contributed by atoms with E-state index in [1.807, 2.05) is 24.3 Å². The van der Waals surface area contributed by atoms with Crippen LogP contribution in [0.3, 0.4) is 0 Å². The minimum Gasteiger partial charge on any atom is -0.368 e. The van der Waals surface area contributed by atoms with Crippen molar-refractivity contribution in [2.75, 3.05) is 6.61 Å². The molecule has 1 N–H and O–H groups in total. The van der Waals surface area contributed by atoms with E-state index >= 15 is 0 Å². The fourth-order valence-electron chi connectivity index (χ4n) is 1.69. The van der Waals surface area contributed by atoms with Gasteiger partial charge in [-0.15, -0.1) is 0 Å². The molecule has 86 valence electrons. The molecular weight excluding hydrogens is 270 g/mol. The molecule has 3 nitrogen and oxygen atoms in total. The summed E-state index contributed by atoms with van der Waals surface area (Å²) in [6, 6.07) is 7.90. The summed E-state index contributed by atoms with van der Waals surface area (Å²) in [6.07, 6.45) is 1.58. The van der Waals surface area contributed by atoms with Crippen LogP contribution in [0.25, 0.3) is 0 Å². The van der Waals surface area contributed by atoms with Crippen molar-refractivity contribution in [1.82, 2.24) is 5.32 Å². The molecule has 0 saturated carbocycles. The van der Waals surface area contributed by atoms with Gasteiger partial charge in [-0.1, -0.05) is 28.1 Å². The van der Waals surface area contributed by atoms with Crippen LogP contribution in [0, 0.1) is 0 Å². The Morgan fingerprint density at radius 2 is 2.19 bits per heavy atom. The van der Waals surface area contributed by atoms with Crippen molar-refractivity contribution in [3.63, 3.8) is 0 Å². The van der Waals surface area contributed by atoms with Crippen LogP contribution in [0.2, 0.25) is 0 Å². The number of carbonyl (C=O) groups excluding carboxylic acids is 1. The predicted molar refractivity (Wildman–Crippen MR) is 65.0 cm³/mol. The maximum Gasteiger partial charge on any atom is 0.249 e. The first kappa shape index (κ1) is 11.6. The normalized spacial score (nSPS) is 19.7. The third-order valence-electron chi connectivity index (χ3n) is 2.60. The number of ether oxygens (including phenoxy) is 1. The highest BCUT2D eigenvalue weighted by Gasteiger charge is 2.22. The summed E-state index contributed by atoms with van der Waals surface area (Å²) in [5.74, 6) is 0.000388. The van der Waals surface area contributed by atoms with Gasteiger partial charge in [0, 0.05) is 17.6 Å². The van der Waals surface area contributed by atoms with E-state index in [0.29, 0.717) is 13.2 Å². The van der Waals surface area contributed by atoms with Crippen LogP contribution >= 0.6 is 15.9 Å². The lowest BCUT2D eigenvalue weighted by atomic mass is 10.2. The zero-order valence-electron chi connectivity index (χ0n) is 8.91. The molecule has 1 aliphatic rings. The van der Waals surface area contributed by atoms with Crippen molar-refractivity contribution < 1.29 is 9.53 Å². The molecule has 0 aliphatic carbocycles. The second-order valence-electron chi connectivity index (χ2n) is 3.85. The summed E-state index contributed by atoms with van der Waals surface area (Å²) < 4.78 is 6.35. The van der Waals surface area contributed by atoms with Gasteiger partial charge in [-0.2, -0.15) is 0 Å². The minimum atomic E-state index is -0.240. The average molecular weight is 284 g/mol. The molecule has 1 saturated heterocycles. The lowest BCUT2D eigenvalue weighted by molar-refractivity contribution is -0.130. The number of hydrogen-bond donors (Lipinski definition) is 1. The number of nitrogens with one attached hydrogen (secondary N) is 1. The van der Waals surface area contributed by atoms with Gasteiger partial charge in [0.1, 0.15) is 6.10 Å². The van der Waals surface area contributed by atoms with Crippen LogP contribution in [0.5, 0.6) is 0 Å². The van der Waals surface area contributed by atoms with E-state index < -0.39 is 0 Å². The lowest BCUT2D eigenvalue weighted by Crippen LogP contribution is -2.33. The fourth-order valence-corrected chi connectivity index (χ4v) is 1.95. The predicted octanol–water partition coefficient (Wildman–Crippen LogP) is 2.24. The number of hydrogen-bond acceptors (Lipinski definition) is 2. The second kappa shape index (κ2) is 5.46. The monoisotopic (exact) mass is 283 g/mol. The Labute approximate surface area is 103 Å². The Balaban J connectivity index is 1.82. The van der Waals surface area contributed by atoms with E-state index in [4.69, 9.17) is 4.74 Å². The fraction of sp³-hybridized carbons (Fsp3) is 0.417. The highest BCUT2D eigenvalue weighted by Crippen LogP contribution is 2.13. The summed E-state index contributed by atoms with van der Waals surface area (Å²) in [7, 11) is 0. The summed E-state index contributed by atoms with van der Waals surface area (Å²) in [4.78, 5) is 11.6. The quantitative estimate of drug-likeness (QED) is 0.924. The summed E-state index contributed by atoms with van der Waals surface area (Å²) in [5.41, 5.74) is 1.09. The second-order valence-corrected chi connectivity index (χ2v) is 4.76. The third-order valence-corrected chi connectivity index (χ3v) is 3.13. The number of benzene rings is 1. The smallest absolute Gasteiger partial charge is 0.249 e. The van der Waals surface area contributed by atoms with Crippen molar-refractivity contribution in [2.24, 2.45) is 0 Å². The van der Waals surface area contributed by atoms with Gasteiger partial charge in [-0.3, -0.25) is 4.79 Å². The first-order valence-corrected chi connectivity index (χ1v) is 6.19. The molecule has 0 bridgehead atoms. The molecule has 1 amide bonds. The molecule has 2 rings (SSSR count). The Bertz CT molecular complexity index is 358. The number of amides is 1. The SMILES string of the molecule is O=C(NCc1ccc(Br)cc1)[C@@H]1CCCO1. The molecule has 4 heteroatoms. The van der Waals surface area contributed by atoms with E-state index in [2.05, 4.69) is 21.2 Å². The number of halogens is 1. The Morgan fingerprint density at radius 3 is 2.81 bits per heavy atom. The molecule has 1 fully saturated rings. The van der Waals surface area contributed by atoms with Gasteiger partial charge >= 0.3 is 0 Å². The molecule has 1 aromatic rings. The highest BCUT2D eigenvalue weighted by molar-refractivity contribution is 9.10. The molecule has 0 unspecified atom stereocenters. The summed E-state index contributed by atoms with van der Waals surface area (Å²) in [5, 5.41) is 2.88. The first-order chi connectivity index (χ1) is 7.75. The van der Waals surface area contributed by atoms with Gasteiger partial charge in [0.2, 0.25) is 5.91 Å². The van der Waals surface area contributed by atoms with Crippen LogP contribution in [0.1, 0.15) is 18.4 Å². The van der Waals surface area contributed by atoms with Crippen LogP contribution in [0.15, 0.2) is 28.7 Å². The van der Waals surface area contributed by atoms with Gasteiger partial charge in [-0.05, 0) is 30.5 Å². The van der Waals surface area contributed by atoms with E-state index in [1.165, 1.54) is 0 Å². The van der Waals surface area contributed by atoms with Crippen LogP contribution in [-0.4, -0.2) is 18.6 Å². The molecule has 1 heterocycles. The first-order valence-electron chi connectivity index (χ1n) is 5.39. The minimum absolute atomic E-state index is 0.000388. The molecule has 0 radical (unpaired) electrons. The summed E-state index contributed by atoms with van der Waals surface area (Å²) in [6.45, 7) is 1.27. The molecule has 1 aliphatic heterocycles. The molecule has 16 heavy (non-hydrogen) atoms. The third kappa shape index (κ3) is 3.06. The average Bonchev–Trinajstić information content (AvgIpc) is 2.81. The van der Waals surface area contributed by atoms with Crippen molar-refractivity contribution >= 4 is 21.8 Å². The maximum atomic E-state index is 11.6. The molecule has 1 aromatic carbocycles. The standard InChI is InChI=1S/C12H14BrNO2/c13-10-5-3-9(4-6-10)8-14-12(15)11-2-1-7-16-11/h3-6,11H,1-2,7-8H2,(H,14,15)/t11-/m0/s1.